The predicted octanol–water partition coefficient (Wildman–Crippen LogP) is 4.10. The first-order chi connectivity index (χ1) is 13.2. The van der Waals surface area contributed by atoms with Gasteiger partial charge in [0.1, 0.15) is 0 Å². The number of nitrogens with one attached hydrogen (secondary N) is 1. The summed E-state index contributed by atoms with van der Waals surface area (Å²) < 4.78 is 2.09. The van der Waals surface area contributed by atoms with Gasteiger partial charge in [-0.3, -0.25) is 9.48 Å². The fourth-order valence-corrected chi connectivity index (χ4v) is 4.36. The van der Waals surface area contributed by atoms with Crippen LogP contribution in [0.25, 0.3) is 0 Å². The Balaban J connectivity index is 1.29. The van der Waals surface area contributed by atoms with Crippen LogP contribution in [-0.2, 0) is 0 Å². The number of carbonyl (C=O) groups is 1. The zero-order valence-corrected chi connectivity index (χ0v) is 16.2. The molecule has 5 nitrogen and oxygen atoms in total. The third-order valence-corrected chi connectivity index (χ3v) is 5.99. The van der Waals surface area contributed by atoms with E-state index in [9.17, 15) is 4.79 Å². The number of hydrogen-bond acceptors (Lipinski definition) is 3. The number of rotatable bonds is 4. The highest BCUT2D eigenvalue weighted by Gasteiger charge is 2.24. The molecule has 27 heavy (non-hydrogen) atoms. The van der Waals surface area contributed by atoms with Gasteiger partial charge in [0.15, 0.2) is 0 Å². The number of piperidine rings is 1. The van der Waals surface area contributed by atoms with Crippen molar-refractivity contribution in [2.75, 3.05) is 18.0 Å². The normalized spacial score (nSPS) is 23.2. The largest absolute Gasteiger partial charge is 0.372 e. The highest BCUT2D eigenvalue weighted by molar-refractivity contribution is 5.94. The van der Waals surface area contributed by atoms with Crippen LogP contribution in [0.15, 0.2) is 36.7 Å². The molecule has 1 N–H and O–H groups in total. The Morgan fingerprint density at radius 3 is 2.37 bits per heavy atom. The molecular formula is C22H30N4O. The number of carbonyl (C=O) groups excluding carboxylic acids is 1. The van der Waals surface area contributed by atoms with E-state index in [2.05, 4.69) is 45.3 Å². The molecule has 0 bridgehead atoms. The molecule has 0 spiro atoms. The van der Waals surface area contributed by atoms with E-state index in [1.807, 2.05) is 18.3 Å². The van der Waals surface area contributed by atoms with Gasteiger partial charge in [0.05, 0.1) is 12.2 Å². The summed E-state index contributed by atoms with van der Waals surface area (Å²) in [6.45, 7) is 4.33. The zero-order chi connectivity index (χ0) is 18.6. The molecule has 1 saturated carbocycles. The van der Waals surface area contributed by atoms with Crippen LogP contribution in [0.2, 0.25) is 0 Å². The number of benzene rings is 1. The van der Waals surface area contributed by atoms with Crippen molar-refractivity contribution in [3.8, 4) is 0 Å². The average Bonchev–Trinajstić information content (AvgIpc) is 3.16. The van der Waals surface area contributed by atoms with Crippen LogP contribution in [0.1, 0.15) is 66.9 Å². The minimum atomic E-state index is 0.0542. The van der Waals surface area contributed by atoms with Crippen molar-refractivity contribution >= 4 is 11.6 Å². The summed E-state index contributed by atoms with van der Waals surface area (Å²) >= 11 is 0. The number of hydrogen-bond donors (Lipinski definition) is 1. The van der Waals surface area contributed by atoms with Crippen molar-refractivity contribution in [3.63, 3.8) is 0 Å². The maximum Gasteiger partial charge on any atom is 0.251 e. The Kier molecular flexibility index (Phi) is 5.46. The van der Waals surface area contributed by atoms with Crippen LogP contribution in [-0.4, -0.2) is 34.8 Å². The van der Waals surface area contributed by atoms with Gasteiger partial charge in [-0.15, -0.1) is 0 Å². The molecule has 144 valence electrons. The van der Waals surface area contributed by atoms with Gasteiger partial charge in [-0.05, 0) is 81.7 Å². The molecule has 1 saturated heterocycles. The lowest BCUT2D eigenvalue weighted by atomic mass is 9.91. The summed E-state index contributed by atoms with van der Waals surface area (Å²) in [5.41, 5.74) is 3.21. The molecule has 2 aliphatic rings. The first-order valence-corrected chi connectivity index (χ1v) is 10.4. The van der Waals surface area contributed by atoms with Gasteiger partial charge in [-0.1, -0.05) is 0 Å². The molecule has 0 unspecified atom stereocenters. The second kappa shape index (κ2) is 8.15. The van der Waals surface area contributed by atoms with Gasteiger partial charge in [0.25, 0.3) is 5.91 Å². The number of amides is 1. The van der Waals surface area contributed by atoms with Crippen LogP contribution in [0.4, 0.5) is 5.69 Å². The molecule has 1 amide bonds. The van der Waals surface area contributed by atoms with Crippen LogP contribution >= 0.6 is 0 Å². The molecule has 2 aromatic rings. The molecular weight excluding hydrogens is 336 g/mol. The predicted molar refractivity (Wildman–Crippen MR) is 108 cm³/mol. The van der Waals surface area contributed by atoms with E-state index in [4.69, 9.17) is 0 Å². The maximum absolute atomic E-state index is 12.6. The van der Waals surface area contributed by atoms with E-state index < -0.39 is 0 Å². The van der Waals surface area contributed by atoms with E-state index >= 15 is 0 Å². The van der Waals surface area contributed by atoms with E-state index in [1.165, 1.54) is 30.5 Å². The monoisotopic (exact) mass is 366 g/mol. The standard InChI is InChI=1S/C22H30N4O/c1-17-15-23-26(16-17)21-11-7-19(8-12-21)24-22(27)18-5-9-20(10-6-18)25-13-3-2-4-14-25/h5-6,9-10,15-16,19,21H,2-4,7-8,11-14H2,1H3,(H,24,27). The molecule has 0 radical (unpaired) electrons. The van der Waals surface area contributed by atoms with Crippen molar-refractivity contribution < 1.29 is 4.79 Å². The summed E-state index contributed by atoms with van der Waals surface area (Å²) in [6.07, 6.45) is 12.1. The third kappa shape index (κ3) is 4.34. The lowest BCUT2D eigenvalue weighted by Gasteiger charge is -2.30. The van der Waals surface area contributed by atoms with Gasteiger partial charge in [0.2, 0.25) is 0 Å². The summed E-state index contributed by atoms with van der Waals surface area (Å²) in [7, 11) is 0. The van der Waals surface area contributed by atoms with Crippen molar-refractivity contribution in [3.05, 3.63) is 47.8 Å². The second-order valence-electron chi connectivity index (χ2n) is 8.07. The first-order valence-electron chi connectivity index (χ1n) is 10.4. The molecule has 5 heteroatoms. The molecule has 0 atom stereocenters. The lowest BCUT2D eigenvalue weighted by molar-refractivity contribution is 0.0921. The summed E-state index contributed by atoms with van der Waals surface area (Å²) in [5.74, 6) is 0.0542. The summed E-state index contributed by atoms with van der Waals surface area (Å²) in [4.78, 5) is 15.0. The maximum atomic E-state index is 12.6. The molecule has 2 fully saturated rings. The second-order valence-corrected chi connectivity index (χ2v) is 8.07. The van der Waals surface area contributed by atoms with Gasteiger partial charge >= 0.3 is 0 Å². The molecule has 1 aromatic heterocycles. The smallest absolute Gasteiger partial charge is 0.251 e. The van der Waals surface area contributed by atoms with Crippen molar-refractivity contribution in [2.45, 2.75) is 64.0 Å². The minimum absolute atomic E-state index is 0.0542. The van der Waals surface area contributed by atoms with Crippen LogP contribution in [0, 0.1) is 6.92 Å². The Hall–Kier alpha value is -2.30. The van der Waals surface area contributed by atoms with E-state index in [-0.39, 0.29) is 11.9 Å². The lowest BCUT2D eigenvalue weighted by Crippen LogP contribution is -2.38. The molecule has 1 aliphatic heterocycles. The molecule has 2 heterocycles. The number of anilines is 1. The summed E-state index contributed by atoms with van der Waals surface area (Å²) in [6, 6.07) is 8.87. The topological polar surface area (TPSA) is 50.2 Å². The SMILES string of the molecule is Cc1cnn(C2CCC(NC(=O)c3ccc(N4CCCCC4)cc3)CC2)c1. The van der Waals surface area contributed by atoms with Gasteiger partial charge in [0, 0.05) is 36.6 Å². The van der Waals surface area contributed by atoms with Crippen molar-refractivity contribution in [2.24, 2.45) is 0 Å². The number of nitrogens with zero attached hydrogens (tertiary/aromatic N) is 3. The molecule has 4 rings (SSSR count). The van der Waals surface area contributed by atoms with Crippen molar-refractivity contribution in [1.29, 1.82) is 0 Å². The first kappa shape index (κ1) is 18.1. The van der Waals surface area contributed by atoms with E-state index in [0.717, 1.165) is 44.3 Å². The van der Waals surface area contributed by atoms with Gasteiger partial charge < -0.3 is 10.2 Å². The number of aryl methyl sites for hydroxylation is 1. The highest BCUT2D eigenvalue weighted by Crippen LogP contribution is 2.28. The van der Waals surface area contributed by atoms with Crippen LogP contribution < -0.4 is 10.2 Å². The van der Waals surface area contributed by atoms with Crippen LogP contribution in [0.5, 0.6) is 0 Å². The fourth-order valence-electron chi connectivity index (χ4n) is 4.36. The minimum Gasteiger partial charge on any atom is -0.372 e. The highest BCUT2D eigenvalue weighted by atomic mass is 16.1. The van der Waals surface area contributed by atoms with Gasteiger partial charge in [-0.2, -0.15) is 5.10 Å². The van der Waals surface area contributed by atoms with Crippen LogP contribution in [0.3, 0.4) is 0 Å². The van der Waals surface area contributed by atoms with E-state index in [0.29, 0.717) is 6.04 Å². The Bertz CT molecular complexity index is 753. The fraction of sp³-hybridized carbons (Fsp3) is 0.545. The average molecular weight is 367 g/mol. The Morgan fingerprint density at radius 2 is 1.74 bits per heavy atom. The molecule has 1 aliphatic carbocycles. The van der Waals surface area contributed by atoms with Crippen molar-refractivity contribution in [1.82, 2.24) is 15.1 Å². The quantitative estimate of drug-likeness (QED) is 0.886. The Morgan fingerprint density at radius 1 is 1.04 bits per heavy atom. The van der Waals surface area contributed by atoms with Gasteiger partial charge in [-0.25, -0.2) is 0 Å². The Labute approximate surface area is 161 Å². The van der Waals surface area contributed by atoms with E-state index in [1.54, 1.807) is 0 Å². The summed E-state index contributed by atoms with van der Waals surface area (Å²) in [5, 5.41) is 7.67. The molecule has 1 aromatic carbocycles. The number of aromatic nitrogens is 2. The third-order valence-electron chi connectivity index (χ3n) is 5.99. The zero-order valence-electron chi connectivity index (χ0n) is 16.2.